The zero-order valence-corrected chi connectivity index (χ0v) is 11.5. The van der Waals surface area contributed by atoms with Gasteiger partial charge < -0.3 is 15.2 Å². The fourth-order valence-corrected chi connectivity index (χ4v) is 1.92. The summed E-state index contributed by atoms with van der Waals surface area (Å²) in [6, 6.07) is 13.1. The summed E-state index contributed by atoms with van der Waals surface area (Å²) < 4.78 is 10.8. The molecule has 2 N–H and O–H groups in total. The van der Waals surface area contributed by atoms with E-state index in [0.29, 0.717) is 23.9 Å². The van der Waals surface area contributed by atoms with Crippen LogP contribution in [0.2, 0.25) is 5.02 Å². The number of rotatable bonds is 5. The van der Waals surface area contributed by atoms with Crippen molar-refractivity contribution in [3.63, 3.8) is 0 Å². The predicted molar refractivity (Wildman–Crippen MR) is 77.4 cm³/mol. The van der Waals surface area contributed by atoms with Gasteiger partial charge in [0.2, 0.25) is 0 Å². The molecule has 0 aliphatic rings. The number of hydrogen-bond donors (Lipinski definition) is 1. The molecule has 0 unspecified atom stereocenters. The number of hydrogen-bond acceptors (Lipinski definition) is 3. The van der Waals surface area contributed by atoms with E-state index in [2.05, 4.69) is 0 Å². The first-order valence-electron chi connectivity index (χ1n) is 5.93. The molecule has 19 heavy (non-hydrogen) atoms. The molecule has 0 aromatic heterocycles. The van der Waals surface area contributed by atoms with Crippen LogP contribution in [0.1, 0.15) is 11.1 Å². The van der Waals surface area contributed by atoms with Gasteiger partial charge in [-0.05, 0) is 41.5 Å². The molecule has 0 atom stereocenters. The highest BCUT2D eigenvalue weighted by Gasteiger charge is 2.02. The van der Waals surface area contributed by atoms with Crippen LogP contribution in [0.3, 0.4) is 0 Å². The molecule has 0 radical (unpaired) electrons. The van der Waals surface area contributed by atoms with Gasteiger partial charge in [-0.1, -0.05) is 23.7 Å². The zero-order valence-electron chi connectivity index (χ0n) is 10.7. The Labute approximate surface area is 117 Å². The third kappa shape index (κ3) is 3.88. The molecule has 2 rings (SSSR count). The number of anilines is 1. The topological polar surface area (TPSA) is 44.5 Å². The van der Waals surface area contributed by atoms with E-state index in [4.69, 9.17) is 26.8 Å². The minimum atomic E-state index is 0.432. The summed E-state index contributed by atoms with van der Waals surface area (Å²) in [6.07, 6.45) is 0. The molecule has 0 spiro atoms. The Morgan fingerprint density at radius 1 is 1.11 bits per heavy atom. The van der Waals surface area contributed by atoms with Gasteiger partial charge in [0.25, 0.3) is 0 Å². The highest BCUT2D eigenvalue weighted by molar-refractivity contribution is 6.31. The Hall–Kier alpha value is -1.71. The molecule has 2 aromatic rings. The average molecular weight is 278 g/mol. The van der Waals surface area contributed by atoms with Crippen LogP contribution in [-0.4, -0.2) is 7.11 Å². The maximum atomic E-state index is 6.07. The number of nitrogen functional groups attached to an aromatic ring is 1. The molecule has 0 heterocycles. The SMILES string of the molecule is COc1cccc(COCc2cc(N)ccc2Cl)c1. The molecule has 2 aromatic carbocycles. The summed E-state index contributed by atoms with van der Waals surface area (Å²) in [5, 5.41) is 0.667. The second kappa shape index (κ2) is 6.45. The lowest BCUT2D eigenvalue weighted by atomic mass is 10.2. The molecular weight excluding hydrogens is 262 g/mol. The fraction of sp³-hybridized carbons (Fsp3) is 0.200. The van der Waals surface area contributed by atoms with Crippen LogP contribution in [0, 0.1) is 0 Å². The summed E-state index contributed by atoms with van der Waals surface area (Å²) in [5.41, 5.74) is 8.35. The van der Waals surface area contributed by atoms with E-state index >= 15 is 0 Å². The molecular formula is C15H16ClNO2. The van der Waals surface area contributed by atoms with Crippen molar-refractivity contribution in [2.75, 3.05) is 12.8 Å². The molecule has 0 bridgehead atoms. The van der Waals surface area contributed by atoms with Crippen molar-refractivity contribution in [1.82, 2.24) is 0 Å². The van der Waals surface area contributed by atoms with Crippen LogP contribution >= 0.6 is 11.6 Å². The quantitative estimate of drug-likeness (QED) is 0.849. The maximum absolute atomic E-state index is 6.07. The van der Waals surface area contributed by atoms with Crippen molar-refractivity contribution >= 4 is 17.3 Å². The second-order valence-corrected chi connectivity index (χ2v) is 4.60. The van der Waals surface area contributed by atoms with Crippen LogP contribution in [0.5, 0.6) is 5.75 Å². The van der Waals surface area contributed by atoms with Crippen LogP contribution in [0.15, 0.2) is 42.5 Å². The minimum Gasteiger partial charge on any atom is -0.497 e. The average Bonchev–Trinajstić information content (AvgIpc) is 2.43. The molecule has 0 amide bonds. The number of ether oxygens (including phenoxy) is 2. The maximum Gasteiger partial charge on any atom is 0.119 e. The highest BCUT2D eigenvalue weighted by Crippen LogP contribution is 2.20. The van der Waals surface area contributed by atoms with E-state index in [0.717, 1.165) is 16.9 Å². The fourth-order valence-electron chi connectivity index (χ4n) is 1.75. The summed E-state index contributed by atoms with van der Waals surface area (Å²) in [5.74, 6) is 0.822. The van der Waals surface area contributed by atoms with Gasteiger partial charge in [0.05, 0.1) is 20.3 Å². The Bertz CT molecular complexity index is 558. The van der Waals surface area contributed by atoms with Crippen LogP contribution in [-0.2, 0) is 18.0 Å². The first-order chi connectivity index (χ1) is 9.19. The highest BCUT2D eigenvalue weighted by atomic mass is 35.5. The Morgan fingerprint density at radius 2 is 1.95 bits per heavy atom. The molecule has 4 heteroatoms. The van der Waals surface area contributed by atoms with Crippen molar-refractivity contribution < 1.29 is 9.47 Å². The summed E-state index contributed by atoms with van der Waals surface area (Å²) in [6.45, 7) is 0.934. The van der Waals surface area contributed by atoms with E-state index in [1.54, 1.807) is 19.2 Å². The van der Waals surface area contributed by atoms with Crippen molar-refractivity contribution in [3.05, 3.63) is 58.6 Å². The normalized spacial score (nSPS) is 10.4. The van der Waals surface area contributed by atoms with Crippen LogP contribution in [0.25, 0.3) is 0 Å². The van der Waals surface area contributed by atoms with Gasteiger partial charge in [-0.15, -0.1) is 0 Å². The molecule has 0 saturated carbocycles. The monoisotopic (exact) mass is 277 g/mol. The van der Waals surface area contributed by atoms with Gasteiger partial charge in [0.1, 0.15) is 5.75 Å². The van der Waals surface area contributed by atoms with Crippen molar-refractivity contribution in [1.29, 1.82) is 0 Å². The number of benzene rings is 2. The third-order valence-corrected chi connectivity index (χ3v) is 3.10. The van der Waals surface area contributed by atoms with Crippen molar-refractivity contribution in [2.24, 2.45) is 0 Å². The summed E-state index contributed by atoms with van der Waals surface area (Å²) in [4.78, 5) is 0. The first-order valence-corrected chi connectivity index (χ1v) is 6.31. The Balaban J connectivity index is 1.94. The molecule has 100 valence electrons. The van der Waals surface area contributed by atoms with Crippen LogP contribution < -0.4 is 10.5 Å². The standard InChI is InChI=1S/C15H16ClNO2/c1-18-14-4-2-3-11(7-14)9-19-10-12-8-13(17)5-6-15(12)16/h2-8H,9-10,17H2,1H3. The molecule has 0 aliphatic carbocycles. The molecule has 0 fully saturated rings. The Morgan fingerprint density at radius 3 is 2.74 bits per heavy atom. The van der Waals surface area contributed by atoms with Crippen molar-refractivity contribution in [2.45, 2.75) is 13.2 Å². The molecule has 3 nitrogen and oxygen atoms in total. The summed E-state index contributed by atoms with van der Waals surface area (Å²) >= 11 is 6.07. The third-order valence-electron chi connectivity index (χ3n) is 2.73. The van der Waals surface area contributed by atoms with Gasteiger partial charge in [0.15, 0.2) is 0 Å². The van der Waals surface area contributed by atoms with Gasteiger partial charge in [-0.25, -0.2) is 0 Å². The zero-order chi connectivity index (χ0) is 13.7. The second-order valence-electron chi connectivity index (χ2n) is 4.20. The van der Waals surface area contributed by atoms with E-state index in [1.807, 2.05) is 30.3 Å². The smallest absolute Gasteiger partial charge is 0.119 e. The van der Waals surface area contributed by atoms with Gasteiger partial charge >= 0.3 is 0 Å². The molecule has 0 saturated heterocycles. The minimum absolute atomic E-state index is 0.432. The predicted octanol–water partition coefficient (Wildman–Crippen LogP) is 3.65. The Kier molecular flexibility index (Phi) is 4.66. The van der Waals surface area contributed by atoms with E-state index < -0.39 is 0 Å². The van der Waals surface area contributed by atoms with Crippen LogP contribution in [0.4, 0.5) is 5.69 Å². The number of halogens is 1. The largest absolute Gasteiger partial charge is 0.497 e. The summed E-state index contributed by atoms with van der Waals surface area (Å²) in [7, 11) is 1.65. The first kappa shape index (κ1) is 13.7. The van der Waals surface area contributed by atoms with Gasteiger partial charge in [-0.2, -0.15) is 0 Å². The van der Waals surface area contributed by atoms with Crippen molar-refractivity contribution in [3.8, 4) is 5.75 Å². The lowest BCUT2D eigenvalue weighted by molar-refractivity contribution is 0.107. The number of nitrogens with two attached hydrogens (primary N) is 1. The lowest BCUT2D eigenvalue weighted by Gasteiger charge is -2.08. The lowest BCUT2D eigenvalue weighted by Crippen LogP contribution is -1.97. The van der Waals surface area contributed by atoms with Gasteiger partial charge in [0, 0.05) is 10.7 Å². The number of methoxy groups -OCH3 is 1. The van der Waals surface area contributed by atoms with E-state index in [9.17, 15) is 0 Å². The molecule has 0 aliphatic heterocycles. The van der Waals surface area contributed by atoms with Gasteiger partial charge in [-0.3, -0.25) is 0 Å². The van der Waals surface area contributed by atoms with E-state index in [-0.39, 0.29) is 0 Å². The van der Waals surface area contributed by atoms with E-state index in [1.165, 1.54) is 0 Å².